The highest BCUT2D eigenvalue weighted by atomic mass is 127. The molecule has 0 bridgehead atoms. The SMILES string of the molecule is Cc1cc(I)ccc1NC(=O)COC(=O)c1ccc(C(N)=O)cc1. The van der Waals surface area contributed by atoms with Gasteiger partial charge in [-0.1, -0.05) is 0 Å². The number of amides is 2. The number of halogens is 1. The second-order valence-corrected chi connectivity index (χ2v) is 6.27. The quantitative estimate of drug-likeness (QED) is 0.554. The molecule has 0 heterocycles. The van der Waals surface area contributed by atoms with Gasteiger partial charge in [0.15, 0.2) is 6.61 Å². The number of ether oxygens (including phenoxy) is 1. The molecule has 0 aliphatic rings. The summed E-state index contributed by atoms with van der Waals surface area (Å²) in [5.41, 5.74) is 7.24. The van der Waals surface area contributed by atoms with E-state index in [0.29, 0.717) is 11.3 Å². The van der Waals surface area contributed by atoms with Gasteiger partial charge in [-0.15, -0.1) is 0 Å². The number of esters is 1. The average Bonchev–Trinajstić information content (AvgIpc) is 2.55. The van der Waals surface area contributed by atoms with E-state index in [1.807, 2.05) is 19.1 Å². The molecule has 24 heavy (non-hydrogen) atoms. The Bertz CT molecular complexity index is 788. The first-order chi connectivity index (χ1) is 11.4. The van der Waals surface area contributed by atoms with Crippen molar-refractivity contribution in [1.29, 1.82) is 0 Å². The predicted molar refractivity (Wildman–Crippen MR) is 97.8 cm³/mol. The van der Waals surface area contributed by atoms with Crippen LogP contribution in [0, 0.1) is 10.5 Å². The normalized spacial score (nSPS) is 10.1. The molecule has 2 aromatic carbocycles. The summed E-state index contributed by atoms with van der Waals surface area (Å²) in [5.74, 6) is -1.66. The Labute approximate surface area is 152 Å². The zero-order chi connectivity index (χ0) is 17.7. The lowest BCUT2D eigenvalue weighted by molar-refractivity contribution is -0.119. The number of rotatable bonds is 5. The Morgan fingerprint density at radius 2 is 1.71 bits per heavy atom. The standard InChI is InChI=1S/C17H15IN2O4/c1-10-8-13(18)6-7-14(10)20-15(21)9-24-17(23)12-4-2-11(3-5-12)16(19)22/h2-8H,9H2,1H3,(H2,19,22)(H,20,21). The van der Waals surface area contributed by atoms with Gasteiger partial charge in [-0.05, 0) is 77.5 Å². The van der Waals surface area contributed by atoms with E-state index >= 15 is 0 Å². The zero-order valence-electron chi connectivity index (χ0n) is 12.8. The van der Waals surface area contributed by atoms with E-state index in [4.69, 9.17) is 10.5 Å². The second kappa shape index (κ2) is 7.91. The van der Waals surface area contributed by atoms with Gasteiger partial charge in [0.05, 0.1) is 5.56 Å². The Morgan fingerprint density at radius 1 is 1.08 bits per heavy atom. The highest BCUT2D eigenvalue weighted by molar-refractivity contribution is 14.1. The molecule has 0 aromatic heterocycles. The van der Waals surface area contributed by atoms with E-state index < -0.39 is 24.4 Å². The summed E-state index contributed by atoms with van der Waals surface area (Å²) in [5, 5.41) is 2.69. The predicted octanol–water partition coefficient (Wildman–Crippen LogP) is 2.49. The summed E-state index contributed by atoms with van der Waals surface area (Å²) < 4.78 is 6.02. The van der Waals surface area contributed by atoms with Gasteiger partial charge in [-0.25, -0.2) is 4.79 Å². The number of nitrogens with one attached hydrogen (secondary N) is 1. The van der Waals surface area contributed by atoms with Crippen molar-refractivity contribution in [2.45, 2.75) is 6.92 Å². The average molecular weight is 438 g/mol. The van der Waals surface area contributed by atoms with Crippen molar-refractivity contribution in [3.63, 3.8) is 0 Å². The number of nitrogens with two attached hydrogens (primary N) is 1. The van der Waals surface area contributed by atoms with Crippen molar-refractivity contribution < 1.29 is 19.1 Å². The van der Waals surface area contributed by atoms with E-state index in [2.05, 4.69) is 27.9 Å². The van der Waals surface area contributed by atoms with Crippen molar-refractivity contribution in [3.05, 3.63) is 62.7 Å². The third kappa shape index (κ3) is 4.79. The summed E-state index contributed by atoms with van der Waals surface area (Å²) in [6, 6.07) is 11.3. The van der Waals surface area contributed by atoms with Gasteiger partial charge < -0.3 is 15.8 Å². The molecule has 0 aliphatic carbocycles. The monoisotopic (exact) mass is 438 g/mol. The third-order valence-electron chi connectivity index (χ3n) is 3.20. The number of carbonyl (C=O) groups is 3. The summed E-state index contributed by atoms with van der Waals surface area (Å²) in [6.07, 6.45) is 0. The molecule has 0 fully saturated rings. The summed E-state index contributed by atoms with van der Waals surface area (Å²) in [7, 11) is 0. The fourth-order valence-corrected chi connectivity index (χ4v) is 2.59. The van der Waals surface area contributed by atoms with E-state index in [1.165, 1.54) is 24.3 Å². The maximum Gasteiger partial charge on any atom is 0.338 e. The number of primary amides is 1. The van der Waals surface area contributed by atoms with Crippen LogP contribution in [0.5, 0.6) is 0 Å². The van der Waals surface area contributed by atoms with Crippen LogP contribution in [0.15, 0.2) is 42.5 Å². The maximum absolute atomic E-state index is 11.9. The van der Waals surface area contributed by atoms with Gasteiger partial charge in [0, 0.05) is 14.8 Å². The molecule has 2 amide bonds. The molecule has 0 spiro atoms. The highest BCUT2D eigenvalue weighted by Gasteiger charge is 2.12. The van der Waals surface area contributed by atoms with E-state index in [-0.39, 0.29) is 5.56 Å². The largest absolute Gasteiger partial charge is 0.452 e. The molecule has 0 atom stereocenters. The first kappa shape index (κ1) is 17.9. The minimum absolute atomic E-state index is 0.234. The van der Waals surface area contributed by atoms with Crippen LogP contribution >= 0.6 is 22.6 Å². The Kier molecular flexibility index (Phi) is 5.91. The van der Waals surface area contributed by atoms with Crippen LogP contribution in [0.2, 0.25) is 0 Å². The highest BCUT2D eigenvalue weighted by Crippen LogP contribution is 2.17. The molecule has 7 heteroatoms. The maximum atomic E-state index is 11.9. The van der Waals surface area contributed by atoms with Crippen molar-refractivity contribution in [1.82, 2.24) is 0 Å². The number of hydrogen-bond acceptors (Lipinski definition) is 4. The molecule has 3 N–H and O–H groups in total. The Hall–Kier alpha value is -2.42. The number of benzene rings is 2. The van der Waals surface area contributed by atoms with Crippen LogP contribution < -0.4 is 11.1 Å². The summed E-state index contributed by atoms with van der Waals surface area (Å²) >= 11 is 2.18. The van der Waals surface area contributed by atoms with Gasteiger partial charge in [-0.3, -0.25) is 9.59 Å². The fourth-order valence-electron chi connectivity index (χ4n) is 1.94. The lowest BCUT2D eigenvalue weighted by atomic mass is 10.1. The Balaban J connectivity index is 1.91. The molecule has 124 valence electrons. The molecular formula is C17H15IN2O4. The molecule has 2 rings (SSSR count). The van der Waals surface area contributed by atoms with Gasteiger partial charge in [0.25, 0.3) is 5.91 Å². The number of anilines is 1. The van der Waals surface area contributed by atoms with Gasteiger partial charge in [-0.2, -0.15) is 0 Å². The molecule has 0 saturated carbocycles. The minimum atomic E-state index is -0.652. The zero-order valence-corrected chi connectivity index (χ0v) is 15.0. The molecule has 6 nitrogen and oxygen atoms in total. The topological polar surface area (TPSA) is 98.5 Å². The van der Waals surface area contributed by atoms with Crippen molar-refractivity contribution in [2.24, 2.45) is 5.73 Å². The number of carbonyl (C=O) groups excluding carboxylic acids is 3. The third-order valence-corrected chi connectivity index (χ3v) is 3.87. The molecule has 2 aromatic rings. The molecule has 0 saturated heterocycles. The summed E-state index contributed by atoms with van der Waals surface area (Å²) in [6.45, 7) is 1.48. The van der Waals surface area contributed by atoms with Gasteiger partial charge in [0.2, 0.25) is 5.91 Å². The first-order valence-corrected chi connectivity index (χ1v) is 8.07. The summed E-state index contributed by atoms with van der Waals surface area (Å²) in [4.78, 5) is 34.7. The smallest absolute Gasteiger partial charge is 0.338 e. The number of aryl methyl sites for hydroxylation is 1. The van der Waals surface area contributed by atoms with Gasteiger partial charge in [0.1, 0.15) is 0 Å². The second-order valence-electron chi connectivity index (χ2n) is 5.03. The Morgan fingerprint density at radius 3 is 2.29 bits per heavy atom. The van der Waals surface area contributed by atoms with Crippen molar-refractivity contribution >= 4 is 46.1 Å². The van der Waals surface area contributed by atoms with E-state index in [9.17, 15) is 14.4 Å². The van der Waals surface area contributed by atoms with Crippen LogP contribution in [0.4, 0.5) is 5.69 Å². The van der Waals surface area contributed by atoms with Crippen LogP contribution in [0.25, 0.3) is 0 Å². The molecule has 0 radical (unpaired) electrons. The fraction of sp³-hybridized carbons (Fsp3) is 0.118. The lowest BCUT2D eigenvalue weighted by Crippen LogP contribution is -2.21. The van der Waals surface area contributed by atoms with Gasteiger partial charge >= 0.3 is 5.97 Å². The minimum Gasteiger partial charge on any atom is -0.452 e. The van der Waals surface area contributed by atoms with Crippen molar-refractivity contribution in [2.75, 3.05) is 11.9 Å². The van der Waals surface area contributed by atoms with Crippen LogP contribution in [0.1, 0.15) is 26.3 Å². The first-order valence-electron chi connectivity index (χ1n) is 7.00. The van der Waals surface area contributed by atoms with Crippen LogP contribution in [-0.2, 0) is 9.53 Å². The molecule has 0 aliphatic heterocycles. The molecule has 0 unspecified atom stereocenters. The molecular weight excluding hydrogens is 423 g/mol. The van der Waals surface area contributed by atoms with Crippen LogP contribution in [0.3, 0.4) is 0 Å². The lowest BCUT2D eigenvalue weighted by Gasteiger charge is -2.09. The van der Waals surface area contributed by atoms with Crippen molar-refractivity contribution in [3.8, 4) is 0 Å². The number of hydrogen-bond donors (Lipinski definition) is 2. The van der Waals surface area contributed by atoms with E-state index in [1.54, 1.807) is 6.07 Å². The van der Waals surface area contributed by atoms with E-state index in [0.717, 1.165) is 9.13 Å². The van der Waals surface area contributed by atoms with Crippen LogP contribution in [-0.4, -0.2) is 24.4 Å².